The molecule has 1 aliphatic heterocycles. The maximum atomic E-state index is 10.5. The van der Waals surface area contributed by atoms with E-state index >= 15 is 0 Å². The summed E-state index contributed by atoms with van der Waals surface area (Å²) in [7, 11) is 0. The van der Waals surface area contributed by atoms with Crippen LogP contribution in [-0.2, 0) is 13.0 Å². The smallest absolute Gasteiger partial charge is 0.138 e. The summed E-state index contributed by atoms with van der Waals surface area (Å²) < 4.78 is 1.82. The van der Waals surface area contributed by atoms with Gasteiger partial charge < -0.3 is 16.2 Å². The van der Waals surface area contributed by atoms with Crippen LogP contribution in [0.4, 0.5) is 0 Å². The van der Waals surface area contributed by atoms with Gasteiger partial charge in [-0.2, -0.15) is 5.10 Å². The van der Waals surface area contributed by atoms with Gasteiger partial charge in [-0.3, -0.25) is 4.68 Å². The first kappa shape index (κ1) is 12.5. The third kappa shape index (κ3) is 2.65. The molecule has 1 aliphatic rings. The van der Waals surface area contributed by atoms with Crippen LogP contribution in [-0.4, -0.2) is 44.6 Å². The van der Waals surface area contributed by atoms with Crippen molar-refractivity contribution in [3.8, 4) is 0 Å². The molecule has 0 radical (unpaired) electrons. The van der Waals surface area contributed by atoms with Crippen molar-refractivity contribution in [2.45, 2.75) is 44.4 Å². The van der Waals surface area contributed by atoms with Crippen LogP contribution in [0.25, 0.3) is 0 Å². The van der Waals surface area contributed by atoms with E-state index in [2.05, 4.69) is 15.4 Å². The molecule has 6 nitrogen and oxygen atoms in total. The monoisotopic (exact) mass is 239 g/mol. The Hall–Kier alpha value is -0.980. The molecule has 2 rings (SSSR count). The molecule has 6 heteroatoms. The van der Waals surface area contributed by atoms with Gasteiger partial charge in [-0.25, -0.2) is 4.98 Å². The van der Waals surface area contributed by atoms with Gasteiger partial charge >= 0.3 is 0 Å². The number of aromatic nitrogens is 3. The van der Waals surface area contributed by atoms with Crippen LogP contribution in [0.5, 0.6) is 0 Å². The maximum Gasteiger partial charge on any atom is 0.138 e. The number of hydrogen-bond donors (Lipinski definition) is 3. The molecule has 1 unspecified atom stereocenters. The Morgan fingerprint density at radius 1 is 1.59 bits per heavy atom. The van der Waals surface area contributed by atoms with Crippen LogP contribution < -0.4 is 11.1 Å². The minimum Gasteiger partial charge on any atom is -0.388 e. The third-order valence-corrected chi connectivity index (χ3v) is 3.56. The van der Waals surface area contributed by atoms with E-state index in [4.69, 9.17) is 5.73 Å². The SMILES string of the molecule is CCn1ncnc1CC(N)C1(O)CCNCC1. The summed E-state index contributed by atoms with van der Waals surface area (Å²) >= 11 is 0. The van der Waals surface area contributed by atoms with Crippen molar-refractivity contribution < 1.29 is 5.11 Å². The van der Waals surface area contributed by atoms with Crippen LogP contribution in [0.2, 0.25) is 0 Å². The summed E-state index contributed by atoms with van der Waals surface area (Å²) in [6.45, 7) is 4.44. The molecule has 1 aromatic rings. The van der Waals surface area contributed by atoms with Gasteiger partial charge in [0, 0.05) is 19.0 Å². The number of nitrogens with zero attached hydrogens (tertiary/aromatic N) is 3. The zero-order valence-electron chi connectivity index (χ0n) is 10.3. The lowest BCUT2D eigenvalue weighted by Crippen LogP contribution is -2.55. The molecule has 17 heavy (non-hydrogen) atoms. The molecular weight excluding hydrogens is 218 g/mol. The van der Waals surface area contributed by atoms with E-state index < -0.39 is 5.60 Å². The van der Waals surface area contributed by atoms with Crippen molar-refractivity contribution in [3.63, 3.8) is 0 Å². The van der Waals surface area contributed by atoms with E-state index in [1.54, 1.807) is 0 Å². The molecule has 1 aromatic heterocycles. The predicted molar refractivity (Wildman–Crippen MR) is 64.4 cm³/mol. The lowest BCUT2D eigenvalue weighted by molar-refractivity contribution is -0.0140. The van der Waals surface area contributed by atoms with Crippen molar-refractivity contribution >= 4 is 0 Å². The average molecular weight is 239 g/mol. The number of nitrogens with one attached hydrogen (secondary N) is 1. The molecule has 2 heterocycles. The van der Waals surface area contributed by atoms with Crippen LogP contribution in [0.1, 0.15) is 25.6 Å². The second-order valence-electron chi connectivity index (χ2n) is 4.66. The lowest BCUT2D eigenvalue weighted by Gasteiger charge is -2.37. The number of aliphatic hydroxyl groups is 1. The molecular formula is C11H21N5O. The minimum atomic E-state index is -0.768. The van der Waals surface area contributed by atoms with Crippen molar-refractivity contribution in [1.82, 2.24) is 20.1 Å². The Balaban J connectivity index is 2.02. The van der Waals surface area contributed by atoms with Gasteiger partial charge in [0.05, 0.1) is 5.60 Å². The number of rotatable bonds is 4. The number of nitrogens with two attached hydrogens (primary N) is 1. The van der Waals surface area contributed by atoms with E-state index in [9.17, 15) is 5.11 Å². The fourth-order valence-electron chi connectivity index (χ4n) is 2.33. The van der Waals surface area contributed by atoms with Crippen LogP contribution in [0.15, 0.2) is 6.33 Å². The summed E-state index contributed by atoms with van der Waals surface area (Å²) in [4.78, 5) is 4.20. The van der Waals surface area contributed by atoms with Crippen LogP contribution >= 0.6 is 0 Å². The van der Waals surface area contributed by atoms with Crippen molar-refractivity contribution in [2.24, 2.45) is 5.73 Å². The summed E-state index contributed by atoms with van der Waals surface area (Å²) in [5.74, 6) is 0.854. The Morgan fingerprint density at radius 3 is 2.94 bits per heavy atom. The molecule has 0 amide bonds. The maximum absolute atomic E-state index is 10.5. The van der Waals surface area contributed by atoms with E-state index in [1.807, 2.05) is 11.6 Å². The molecule has 0 aliphatic carbocycles. The van der Waals surface area contributed by atoms with Gasteiger partial charge in [-0.05, 0) is 32.9 Å². The average Bonchev–Trinajstić information content (AvgIpc) is 2.77. The fourth-order valence-corrected chi connectivity index (χ4v) is 2.33. The molecule has 0 saturated carbocycles. The highest BCUT2D eigenvalue weighted by molar-refractivity contribution is 4.99. The van der Waals surface area contributed by atoms with Crippen molar-refractivity contribution in [2.75, 3.05) is 13.1 Å². The lowest BCUT2D eigenvalue weighted by atomic mass is 9.83. The number of aryl methyl sites for hydroxylation is 1. The van der Waals surface area contributed by atoms with Gasteiger partial charge in [0.2, 0.25) is 0 Å². The second-order valence-corrected chi connectivity index (χ2v) is 4.66. The number of hydrogen-bond acceptors (Lipinski definition) is 5. The first-order chi connectivity index (χ1) is 8.15. The molecule has 96 valence electrons. The molecule has 1 saturated heterocycles. The zero-order valence-corrected chi connectivity index (χ0v) is 10.3. The van der Waals surface area contributed by atoms with Crippen LogP contribution in [0.3, 0.4) is 0 Å². The first-order valence-electron chi connectivity index (χ1n) is 6.21. The van der Waals surface area contributed by atoms with Crippen LogP contribution in [0, 0.1) is 0 Å². The Morgan fingerprint density at radius 2 is 2.29 bits per heavy atom. The topological polar surface area (TPSA) is 89.0 Å². The molecule has 0 bridgehead atoms. The van der Waals surface area contributed by atoms with Gasteiger partial charge in [0.1, 0.15) is 12.2 Å². The summed E-state index contributed by atoms with van der Waals surface area (Å²) in [5.41, 5.74) is 5.37. The molecule has 0 aromatic carbocycles. The highest BCUT2D eigenvalue weighted by Crippen LogP contribution is 2.23. The highest BCUT2D eigenvalue weighted by Gasteiger charge is 2.36. The van der Waals surface area contributed by atoms with Crippen molar-refractivity contribution in [3.05, 3.63) is 12.2 Å². The Bertz CT molecular complexity index is 358. The molecule has 1 atom stereocenters. The van der Waals surface area contributed by atoms with Gasteiger partial charge in [0.25, 0.3) is 0 Å². The van der Waals surface area contributed by atoms with E-state index in [0.29, 0.717) is 19.3 Å². The molecule has 1 fully saturated rings. The molecule has 0 spiro atoms. The highest BCUT2D eigenvalue weighted by atomic mass is 16.3. The number of piperidine rings is 1. The summed E-state index contributed by atoms with van der Waals surface area (Å²) in [6.07, 6.45) is 3.52. The zero-order chi connectivity index (χ0) is 12.3. The second kappa shape index (κ2) is 5.12. The standard InChI is InChI=1S/C11H21N5O/c1-2-16-10(14-8-15-16)7-9(12)11(17)3-5-13-6-4-11/h8-9,13,17H,2-7,12H2,1H3. The van der Waals surface area contributed by atoms with E-state index in [0.717, 1.165) is 25.5 Å². The Labute approximate surface area is 101 Å². The van der Waals surface area contributed by atoms with Crippen molar-refractivity contribution in [1.29, 1.82) is 0 Å². The van der Waals surface area contributed by atoms with Gasteiger partial charge in [-0.1, -0.05) is 0 Å². The predicted octanol–water partition coefficient (Wildman–Crippen LogP) is -0.718. The Kier molecular flexibility index (Phi) is 3.76. The summed E-state index contributed by atoms with van der Waals surface area (Å²) in [5, 5.41) is 17.8. The molecule has 4 N–H and O–H groups in total. The third-order valence-electron chi connectivity index (χ3n) is 3.56. The fraction of sp³-hybridized carbons (Fsp3) is 0.818. The first-order valence-corrected chi connectivity index (χ1v) is 6.21. The van der Waals surface area contributed by atoms with E-state index in [-0.39, 0.29) is 6.04 Å². The van der Waals surface area contributed by atoms with Gasteiger partial charge in [0.15, 0.2) is 0 Å². The largest absolute Gasteiger partial charge is 0.388 e. The quantitative estimate of drug-likeness (QED) is 0.645. The van der Waals surface area contributed by atoms with E-state index in [1.165, 1.54) is 6.33 Å². The van der Waals surface area contributed by atoms with Gasteiger partial charge in [-0.15, -0.1) is 0 Å². The normalized spacial score (nSPS) is 21.4. The minimum absolute atomic E-state index is 0.279. The summed E-state index contributed by atoms with van der Waals surface area (Å²) in [6, 6.07) is -0.279.